The number of carbonyl (C=O) groups is 2. The van der Waals surface area contributed by atoms with E-state index in [4.69, 9.17) is 13.7 Å². The average Bonchev–Trinajstić information content (AvgIpc) is 3.15. The zero-order chi connectivity index (χ0) is 16.4. The van der Waals surface area contributed by atoms with Crippen LogP contribution in [0.5, 0.6) is 0 Å². The normalized spacial score (nSPS) is 12.1. The summed E-state index contributed by atoms with van der Waals surface area (Å²) in [7, 11) is 0. The van der Waals surface area contributed by atoms with Crippen LogP contribution in [0.15, 0.2) is 39.6 Å². The number of ether oxygens (including phenoxy) is 1. The van der Waals surface area contributed by atoms with E-state index in [1.165, 1.54) is 13.3 Å². The van der Waals surface area contributed by atoms with Gasteiger partial charge in [-0.3, -0.25) is 4.79 Å². The number of rotatable bonds is 4. The Morgan fingerprint density at radius 3 is 2.91 bits per heavy atom. The van der Waals surface area contributed by atoms with E-state index in [-0.39, 0.29) is 11.4 Å². The fraction of sp³-hybridized carbons (Fsp3) is 0.200. The Labute approximate surface area is 130 Å². The molecular formula is C15H13N3O5. The Morgan fingerprint density at radius 1 is 1.35 bits per heavy atom. The van der Waals surface area contributed by atoms with Crippen molar-refractivity contribution in [2.24, 2.45) is 0 Å². The number of nitrogens with one attached hydrogen (secondary N) is 1. The lowest BCUT2D eigenvalue weighted by Gasteiger charge is -2.12. The number of oxazole rings is 1. The molecule has 0 aliphatic heterocycles. The molecule has 1 aromatic carbocycles. The first-order chi connectivity index (χ1) is 11.0. The van der Waals surface area contributed by atoms with Crippen molar-refractivity contribution in [1.82, 2.24) is 10.1 Å². The summed E-state index contributed by atoms with van der Waals surface area (Å²) < 4.78 is 15.1. The second-order valence-corrected chi connectivity index (χ2v) is 4.86. The van der Waals surface area contributed by atoms with E-state index in [0.29, 0.717) is 16.9 Å². The minimum Gasteiger partial charge on any atom is -0.449 e. The van der Waals surface area contributed by atoms with Crippen molar-refractivity contribution in [3.8, 4) is 0 Å². The Bertz CT molecular complexity index is 867. The lowest BCUT2D eigenvalue weighted by Crippen LogP contribution is -2.30. The molecule has 0 aliphatic rings. The van der Waals surface area contributed by atoms with E-state index in [1.54, 1.807) is 31.2 Å². The van der Waals surface area contributed by atoms with Gasteiger partial charge in [-0.05, 0) is 26.0 Å². The zero-order valence-electron chi connectivity index (χ0n) is 12.4. The van der Waals surface area contributed by atoms with Crippen molar-refractivity contribution in [2.45, 2.75) is 20.0 Å². The molecule has 8 nitrogen and oxygen atoms in total. The van der Waals surface area contributed by atoms with Crippen LogP contribution in [-0.2, 0) is 9.53 Å². The molecule has 0 aliphatic carbocycles. The highest BCUT2D eigenvalue weighted by Crippen LogP contribution is 2.18. The first-order valence-electron chi connectivity index (χ1n) is 6.82. The number of amides is 1. The number of carbonyl (C=O) groups excluding carboxylic acids is 2. The molecule has 0 saturated heterocycles. The molecule has 1 N–H and O–H groups in total. The number of anilines is 1. The number of para-hydroxylation sites is 1. The number of aryl methyl sites for hydroxylation is 1. The molecule has 118 valence electrons. The molecule has 3 rings (SSSR count). The van der Waals surface area contributed by atoms with Gasteiger partial charge in [-0.25, -0.2) is 9.78 Å². The van der Waals surface area contributed by atoms with Gasteiger partial charge in [0.2, 0.25) is 0 Å². The van der Waals surface area contributed by atoms with Crippen LogP contribution in [0.3, 0.4) is 0 Å². The maximum Gasteiger partial charge on any atom is 0.341 e. The minimum absolute atomic E-state index is 0.230. The van der Waals surface area contributed by atoms with Crippen LogP contribution in [0, 0.1) is 6.92 Å². The number of fused-ring (bicyclic) bond motifs is 1. The van der Waals surface area contributed by atoms with Crippen LogP contribution in [0.1, 0.15) is 23.0 Å². The summed E-state index contributed by atoms with van der Waals surface area (Å²) in [4.78, 5) is 28.2. The number of aromatic nitrogens is 2. The molecule has 3 aromatic rings. The predicted octanol–water partition coefficient (Wildman–Crippen LogP) is 2.31. The van der Waals surface area contributed by atoms with E-state index in [9.17, 15) is 9.59 Å². The predicted molar refractivity (Wildman–Crippen MR) is 78.8 cm³/mol. The molecule has 0 saturated carbocycles. The van der Waals surface area contributed by atoms with E-state index >= 15 is 0 Å². The molecule has 0 bridgehead atoms. The van der Waals surface area contributed by atoms with Crippen LogP contribution in [0.25, 0.3) is 11.1 Å². The average molecular weight is 315 g/mol. The number of benzene rings is 1. The Hall–Kier alpha value is -3.16. The summed E-state index contributed by atoms with van der Waals surface area (Å²) in [5, 5.41) is 6.14. The van der Waals surface area contributed by atoms with Gasteiger partial charge in [-0.1, -0.05) is 11.2 Å². The molecule has 0 fully saturated rings. The highest BCUT2D eigenvalue weighted by Gasteiger charge is 2.22. The molecule has 8 heteroatoms. The largest absolute Gasteiger partial charge is 0.449 e. The quantitative estimate of drug-likeness (QED) is 0.736. The highest BCUT2D eigenvalue weighted by atomic mass is 16.5. The monoisotopic (exact) mass is 315 g/mol. The molecule has 0 spiro atoms. The Morgan fingerprint density at radius 2 is 2.17 bits per heavy atom. The first-order valence-corrected chi connectivity index (χ1v) is 6.82. The SMILES string of the molecule is Cc1cc(NC(=O)C(C)OC(=O)c2cccc3ocnc23)no1. The van der Waals surface area contributed by atoms with Crippen molar-refractivity contribution in [2.75, 3.05) is 5.32 Å². The summed E-state index contributed by atoms with van der Waals surface area (Å²) in [6.07, 6.45) is 0.228. The number of esters is 1. The van der Waals surface area contributed by atoms with E-state index in [2.05, 4.69) is 15.5 Å². The van der Waals surface area contributed by atoms with E-state index < -0.39 is 18.0 Å². The van der Waals surface area contributed by atoms with Gasteiger partial charge in [-0.15, -0.1) is 0 Å². The maximum absolute atomic E-state index is 12.2. The van der Waals surface area contributed by atoms with Crippen molar-refractivity contribution in [3.63, 3.8) is 0 Å². The molecule has 1 atom stereocenters. The molecule has 1 amide bonds. The van der Waals surface area contributed by atoms with Crippen molar-refractivity contribution >= 4 is 28.8 Å². The zero-order valence-corrected chi connectivity index (χ0v) is 12.4. The Kier molecular flexibility index (Phi) is 3.80. The summed E-state index contributed by atoms with van der Waals surface area (Å²) >= 11 is 0. The van der Waals surface area contributed by atoms with Crippen LogP contribution in [0.4, 0.5) is 5.82 Å². The van der Waals surface area contributed by atoms with Crippen molar-refractivity contribution in [3.05, 3.63) is 42.0 Å². The second-order valence-electron chi connectivity index (χ2n) is 4.86. The topological polar surface area (TPSA) is 107 Å². The minimum atomic E-state index is -1.01. The molecule has 0 radical (unpaired) electrons. The maximum atomic E-state index is 12.2. The summed E-state index contributed by atoms with van der Waals surface area (Å²) in [5.41, 5.74) is 1.08. The van der Waals surface area contributed by atoms with Gasteiger partial charge in [0.15, 0.2) is 23.9 Å². The summed E-state index contributed by atoms with van der Waals surface area (Å²) in [6.45, 7) is 3.16. The van der Waals surface area contributed by atoms with Crippen molar-refractivity contribution < 1.29 is 23.3 Å². The fourth-order valence-corrected chi connectivity index (χ4v) is 1.98. The smallest absolute Gasteiger partial charge is 0.341 e. The standard InChI is InChI=1S/C15H13N3O5/c1-8-6-12(18-23-8)17-14(19)9(2)22-15(20)10-4-3-5-11-13(10)16-7-21-11/h3-7,9H,1-2H3,(H,17,18,19). The number of nitrogens with zero attached hydrogens (tertiary/aromatic N) is 2. The van der Waals surface area contributed by atoms with Crippen LogP contribution >= 0.6 is 0 Å². The van der Waals surface area contributed by atoms with Gasteiger partial charge in [0, 0.05) is 6.07 Å². The van der Waals surface area contributed by atoms with Gasteiger partial charge in [0.25, 0.3) is 5.91 Å². The Balaban J connectivity index is 1.69. The van der Waals surface area contributed by atoms with Crippen LogP contribution < -0.4 is 5.32 Å². The van der Waals surface area contributed by atoms with Gasteiger partial charge in [0.05, 0.1) is 5.56 Å². The fourth-order valence-electron chi connectivity index (χ4n) is 1.98. The lowest BCUT2D eigenvalue weighted by atomic mass is 10.2. The van der Waals surface area contributed by atoms with Crippen LogP contribution in [-0.4, -0.2) is 28.1 Å². The number of hydrogen-bond donors (Lipinski definition) is 1. The summed E-state index contributed by atoms with van der Waals surface area (Å²) in [5.74, 6) is -0.362. The molecule has 1 unspecified atom stereocenters. The second kappa shape index (κ2) is 5.91. The first kappa shape index (κ1) is 14.8. The van der Waals surface area contributed by atoms with Gasteiger partial charge >= 0.3 is 5.97 Å². The van der Waals surface area contributed by atoms with Gasteiger partial charge in [0.1, 0.15) is 11.3 Å². The van der Waals surface area contributed by atoms with E-state index in [0.717, 1.165) is 0 Å². The highest BCUT2D eigenvalue weighted by molar-refractivity contribution is 6.03. The van der Waals surface area contributed by atoms with Crippen molar-refractivity contribution in [1.29, 1.82) is 0 Å². The number of hydrogen-bond acceptors (Lipinski definition) is 7. The van der Waals surface area contributed by atoms with Gasteiger partial charge < -0.3 is 19.0 Å². The molecule has 23 heavy (non-hydrogen) atoms. The molecular weight excluding hydrogens is 302 g/mol. The molecule has 2 aromatic heterocycles. The lowest BCUT2D eigenvalue weighted by molar-refractivity contribution is -0.123. The van der Waals surface area contributed by atoms with Crippen LogP contribution in [0.2, 0.25) is 0 Å². The molecule has 2 heterocycles. The third-order valence-corrected chi connectivity index (χ3v) is 3.11. The third kappa shape index (κ3) is 3.05. The van der Waals surface area contributed by atoms with E-state index in [1.807, 2.05) is 0 Å². The summed E-state index contributed by atoms with van der Waals surface area (Å²) in [6, 6.07) is 6.44. The van der Waals surface area contributed by atoms with Gasteiger partial charge in [-0.2, -0.15) is 0 Å². The third-order valence-electron chi connectivity index (χ3n) is 3.11.